The van der Waals surface area contributed by atoms with Crippen LogP contribution in [0.5, 0.6) is 0 Å². The smallest absolute Gasteiger partial charge is 0.300 e. The van der Waals surface area contributed by atoms with E-state index in [4.69, 9.17) is 4.55 Å². The highest BCUT2D eigenvalue weighted by Gasteiger charge is 2.33. The van der Waals surface area contributed by atoms with Crippen molar-refractivity contribution in [3.63, 3.8) is 0 Å². The van der Waals surface area contributed by atoms with E-state index < -0.39 is 88.2 Å². The number of aryl methyl sites for hydroxylation is 2. The van der Waals surface area contributed by atoms with E-state index >= 15 is 0 Å². The Hall–Kier alpha value is -4.91. The van der Waals surface area contributed by atoms with Crippen LogP contribution >= 0.6 is 34.4 Å². The molecule has 0 saturated heterocycles. The van der Waals surface area contributed by atoms with Gasteiger partial charge in [-0.25, -0.2) is 52.3 Å². The van der Waals surface area contributed by atoms with Gasteiger partial charge < -0.3 is 4.55 Å². The highest BCUT2D eigenvalue weighted by atomic mass is 127. The first-order chi connectivity index (χ1) is 30.4. The molecule has 340 valence electrons. The van der Waals surface area contributed by atoms with E-state index in [9.17, 15) is 65.3 Å². The van der Waals surface area contributed by atoms with Gasteiger partial charge in [-0.1, -0.05) is 77.5 Å². The predicted octanol–water partition coefficient (Wildman–Crippen LogP) is 12.7. The molecular formula is C44H27F10IO6S4. The van der Waals surface area contributed by atoms with Crippen molar-refractivity contribution in [1.29, 1.82) is 0 Å². The Labute approximate surface area is 386 Å². The van der Waals surface area contributed by atoms with Gasteiger partial charge >= 0.3 is 10.1 Å². The summed E-state index contributed by atoms with van der Waals surface area (Å²) in [7, 11) is -11.4. The lowest BCUT2D eigenvalue weighted by Gasteiger charge is -2.10. The van der Waals surface area contributed by atoms with Crippen LogP contribution in [0.1, 0.15) is 11.1 Å². The third-order valence-corrected chi connectivity index (χ3v) is 14.6. The Kier molecular flexibility index (Phi) is 16.6. The lowest BCUT2D eigenvalue weighted by Crippen LogP contribution is -2.12. The molecule has 0 amide bonds. The summed E-state index contributed by atoms with van der Waals surface area (Å²) >= 11 is 4.22. The Morgan fingerprint density at radius 3 is 1.15 bits per heavy atom. The molecule has 7 aromatic carbocycles. The minimum Gasteiger partial charge on any atom is -0.744 e. The Morgan fingerprint density at radius 1 is 0.477 bits per heavy atom. The molecule has 7 rings (SSSR count). The maximum atomic E-state index is 12.6. The van der Waals surface area contributed by atoms with Gasteiger partial charge in [0.15, 0.2) is 66.1 Å². The fourth-order valence-electron chi connectivity index (χ4n) is 5.55. The van der Waals surface area contributed by atoms with Gasteiger partial charge in [0.2, 0.25) is 11.6 Å². The summed E-state index contributed by atoms with van der Waals surface area (Å²) in [5.74, 6) is -25.4. The zero-order chi connectivity index (χ0) is 48.1. The van der Waals surface area contributed by atoms with Crippen LogP contribution in [0, 0.1) is 75.6 Å². The monoisotopic (exact) mass is 1100 g/mol. The molecule has 0 atom stereocenters. The molecule has 0 saturated carbocycles. The minimum atomic E-state index is -5.77. The van der Waals surface area contributed by atoms with E-state index in [-0.39, 0.29) is 10.9 Å². The molecule has 0 aliphatic carbocycles. The van der Waals surface area contributed by atoms with Gasteiger partial charge in [-0.05, 0) is 114 Å². The van der Waals surface area contributed by atoms with Gasteiger partial charge in [0, 0.05) is 13.4 Å². The minimum absolute atomic E-state index is 0.122. The number of benzene rings is 7. The van der Waals surface area contributed by atoms with Gasteiger partial charge in [-0.15, -0.1) is 0 Å². The first-order valence-electron chi connectivity index (χ1n) is 17.9. The molecule has 0 unspecified atom stereocenters. The first kappa shape index (κ1) is 51.1. The van der Waals surface area contributed by atoms with Gasteiger partial charge in [-0.3, -0.25) is 4.55 Å². The van der Waals surface area contributed by atoms with Crippen LogP contribution in [0.2, 0.25) is 0 Å². The molecule has 21 heteroatoms. The molecule has 0 aliphatic heterocycles. The Morgan fingerprint density at radius 2 is 0.800 bits per heavy atom. The van der Waals surface area contributed by atoms with E-state index in [0.717, 1.165) is 0 Å². The quantitative estimate of drug-likeness (QED) is 0.0403. The maximum Gasteiger partial charge on any atom is 0.300 e. The standard InChI is InChI=1S/C32H26IS2.2C6HF5O3S/c1-23-7-17-28(18-8-23)35(29-19-9-24(2)10-20-29)30-21-15-27(16-22-30)34-26-13-11-25(12-14-26)31-5-3-4-6-32(31)33;2*7-1-2(8)4(10)6(15(12,13)14)5(11)3(1)9/h3-22H,1-2H3;2*(H,12,13,14)/q+1;;/p-1. The summed E-state index contributed by atoms with van der Waals surface area (Å²) in [6, 6.07) is 44.5. The van der Waals surface area contributed by atoms with E-state index in [0.29, 0.717) is 0 Å². The fraction of sp³-hybridized carbons (Fsp3) is 0.0455. The molecule has 7 aromatic rings. The largest absolute Gasteiger partial charge is 0.744 e. The van der Waals surface area contributed by atoms with Crippen molar-refractivity contribution in [2.45, 2.75) is 48.1 Å². The zero-order valence-corrected chi connectivity index (χ0v) is 38.2. The van der Waals surface area contributed by atoms with Crippen LogP contribution in [0.4, 0.5) is 43.9 Å². The van der Waals surface area contributed by atoms with Crippen LogP contribution in [-0.2, 0) is 31.1 Å². The average molecular weight is 1100 g/mol. The van der Waals surface area contributed by atoms with Crippen molar-refractivity contribution in [3.05, 3.63) is 194 Å². The van der Waals surface area contributed by atoms with Crippen molar-refractivity contribution >= 4 is 65.5 Å². The highest BCUT2D eigenvalue weighted by molar-refractivity contribution is 14.1. The molecule has 0 radical (unpaired) electrons. The Bertz CT molecular complexity index is 2890. The SMILES string of the molecule is Cc1ccc([S+](c2ccc(C)cc2)c2ccc(Sc3ccc(-c4ccccc4I)cc3)cc2)cc1.O=S(=O)(O)c1c(F)c(F)c(F)c(F)c1F.O=S(=O)([O-])c1c(F)c(F)c(F)c(F)c1F. The van der Waals surface area contributed by atoms with Gasteiger partial charge in [0.25, 0.3) is 0 Å². The molecule has 0 spiro atoms. The summed E-state index contributed by atoms with van der Waals surface area (Å²) in [5, 5.41) is 0. The fourth-order valence-corrected chi connectivity index (χ4v) is 10.4. The Balaban J connectivity index is 0.000000218. The normalized spacial score (nSPS) is 11.4. The molecule has 0 aromatic heterocycles. The maximum absolute atomic E-state index is 12.6. The summed E-state index contributed by atoms with van der Waals surface area (Å²) in [5.41, 5.74) is 5.13. The molecular weight excluding hydrogens is 1070 g/mol. The lowest BCUT2D eigenvalue weighted by molar-refractivity contribution is 0.350. The summed E-state index contributed by atoms with van der Waals surface area (Å²) in [6.07, 6.45) is 0. The molecule has 0 bridgehead atoms. The number of rotatable bonds is 8. The number of hydrogen-bond donors (Lipinski definition) is 1. The van der Waals surface area contributed by atoms with Crippen molar-refractivity contribution in [1.82, 2.24) is 0 Å². The van der Waals surface area contributed by atoms with Crippen LogP contribution in [0.3, 0.4) is 0 Å². The third-order valence-electron chi connectivity index (χ3n) is 8.69. The van der Waals surface area contributed by atoms with Crippen LogP contribution in [0.25, 0.3) is 11.1 Å². The van der Waals surface area contributed by atoms with Crippen molar-refractivity contribution in [2.24, 2.45) is 0 Å². The van der Waals surface area contributed by atoms with E-state index in [1.807, 2.05) is 11.8 Å². The molecule has 65 heavy (non-hydrogen) atoms. The molecule has 0 fully saturated rings. The van der Waals surface area contributed by atoms with Gasteiger partial charge in [-0.2, -0.15) is 8.42 Å². The molecule has 0 aliphatic rings. The molecule has 1 N–H and O–H groups in total. The van der Waals surface area contributed by atoms with E-state index in [1.54, 1.807) is 0 Å². The second-order valence-electron chi connectivity index (χ2n) is 13.2. The topological polar surface area (TPSA) is 112 Å². The average Bonchev–Trinajstić information content (AvgIpc) is 3.26. The van der Waals surface area contributed by atoms with Crippen molar-refractivity contribution < 1.29 is 69.8 Å². The van der Waals surface area contributed by atoms with Crippen molar-refractivity contribution in [3.8, 4) is 11.1 Å². The second kappa shape index (κ2) is 21.2. The predicted molar refractivity (Wildman–Crippen MR) is 230 cm³/mol. The molecule has 0 heterocycles. The summed E-state index contributed by atoms with van der Waals surface area (Å²) in [6.45, 7) is 4.29. The third kappa shape index (κ3) is 12.1. The van der Waals surface area contributed by atoms with Crippen LogP contribution in [-0.4, -0.2) is 25.9 Å². The summed E-state index contributed by atoms with van der Waals surface area (Å²) in [4.78, 5) is 1.92. The highest BCUT2D eigenvalue weighted by Crippen LogP contribution is 2.36. The second-order valence-corrected chi connectivity index (χ2v) is 20.2. The first-order valence-corrected chi connectivity index (χ1v) is 23.9. The van der Waals surface area contributed by atoms with Gasteiger partial charge in [0.1, 0.15) is 15.0 Å². The molecule has 6 nitrogen and oxygen atoms in total. The summed E-state index contributed by atoms with van der Waals surface area (Å²) < 4.78 is 185. The zero-order valence-electron chi connectivity index (χ0n) is 32.8. The number of halogens is 11. The lowest BCUT2D eigenvalue weighted by atomic mass is 10.1. The van der Waals surface area contributed by atoms with Crippen molar-refractivity contribution in [2.75, 3.05) is 0 Å². The van der Waals surface area contributed by atoms with E-state index in [2.05, 4.69) is 158 Å². The van der Waals surface area contributed by atoms with Crippen LogP contribution in [0.15, 0.2) is 156 Å². The van der Waals surface area contributed by atoms with Gasteiger partial charge in [0.05, 0.1) is 10.9 Å². The van der Waals surface area contributed by atoms with E-state index in [1.165, 1.54) is 50.3 Å². The number of hydrogen-bond acceptors (Lipinski definition) is 6. The van der Waals surface area contributed by atoms with Crippen LogP contribution < -0.4 is 0 Å².